The lowest BCUT2D eigenvalue weighted by Gasteiger charge is -2.05. The molecule has 0 bridgehead atoms. The fourth-order valence-corrected chi connectivity index (χ4v) is 2.41. The summed E-state index contributed by atoms with van der Waals surface area (Å²) < 4.78 is 29.0. The first-order valence-electron chi connectivity index (χ1n) is 5.78. The molecule has 106 valence electrons. The number of aromatic nitrogens is 2. The van der Waals surface area contributed by atoms with Crippen LogP contribution in [0.4, 0.5) is 0 Å². The van der Waals surface area contributed by atoms with E-state index in [1.807, 2.05) is 0 Å². The maximum absolute atomic E-state index is 11.4. The number of aryl methyl sites for hydroxylation is 1. The Morgan fingerprint density at radius 2 is 1.85 bits per heavy atom. The maximum atomic E-state index is 11.4. The molecule has 0 unspecified atom stereocenters. The summed E-state index contributed by atoms with van der Waals surface area (Å²) in [4.78, 5) is 11.7. The number of hydrogen-bond donors (Lipinski definition) is 0. The molecule has 0 radical (unpaired) electrons. The van der Waals surface area contributed by atoms with Gasteiger partial charge in [0.05, 0.1) is 17.7 Å². The van der Waals surface area contributed by atoms with E-state index in [0.717, 1.165) is 11.9 Å². The molecule has 1 heterocycles. The Labute approximate surface area is 116 Å². The monoisotopic (exact) mass is 294 g/mol. The van der Waals surface area contributed by atoms with Gasteiger partial charge >= 0.3 is 5.97 Å². The average molecular weight is 294 g/mol. The molecule has 0 saturated carbocycles. The highest BCUT2D eigenvalue weighted by atomic mass is 32.2. The minimum Gasteiger partial charge on any atom is -0.464 e. The summed E-state index contributed by atoms with van der Waals surface area (Å²) in [5, 5.41) is 4.14. The number of nitrogens with zero attached hydrogens (tertiary/aromatic N) is 2. The lowest BCUT2D eigenvalue weighted by molar-refractivity contribution is 0.0593. The zero-order valence-electron chi connectivity index (χ0n) is 11.3. The predicted molar refractivity (Wildman–Crippen MR) is 72.8 cm³/mol. The van der Waals surface area contributed by atoms with E-state index in [1.165, 1.54) is 19.2 Å². The number of sulfone groups is 1. The van der Waals surface area contributed by atoms with Crippen LogP contribution < -0.4 is 0 Å². The topological polar surface area (TPSA) is 78.3 Å². The van der Waals surface area contributed by atoms with Crippen LogP contribution in [0.5, 0.6) is 0 Å². The summed E-state index contributed by atoms with van der Waals surface area (Å²) in [5.74, 6) is -0.514. The van der Waals surface area contributed by atoms with E-state index in [4.69, 9.17) is 0 Å². The number of hydrogen-bond acceptors (Lipinski definition) is 5. The van der Waals surface area contributed by atoms with Crippen LogP contribution in [0.2, 0.25) is 0 Å². The van der Waals surface area contributed by atoms with Gasteiger partial charge in [-0.1, -0.05) is 0 Å². The number of ether oxygens (including phenoxy) is 1. The minimum atomic E-state index is -3.23. The first-order chi connectivity index (χ1) is 9.32. The molecule has 0 aliphatic heterocycles. The highest BCUT2D eigenvalue weighted by molar-refractivity contribution is 7.90. The molecule has 0 saturated heterocycles. The van der Waals surface area contributed by atoms with Gasteiger partial charge in [-0.3, -0.25) is 0 Å². The van der Waals surface area contributed by atoms with Crippen LogP contribution >= 0.6 is 0 Å². The van der Waals surface area contributed by atoms with Crippen LogP contribution in [0.25, 0.3) is 5.69 Å². The Morgan fingerprint density at radius 1 is 1.25 bits per heavy atom. The molecule has 2 aromatic rings. The van der Waals surface area contributed by atoms with Gasteiger partial charge in [0.1, 0.15) is 0 Å². The third-order valence-corrected chi connectivity index (χ3v) is 3.92. The Kier molecular flexibility index (Phi) is 3.63. The highest BCUT2D eigenvalue weighted by Gasteiger charge is 2.14. The molecular weight excluding hydrogens is 280 g/mol. The van der Waals surface area contributed by atoms with Crippen molar-refractivity contribution in [3.8, 4) is 5.69 Å². The molecule has 2 rings (SSSR count). The average Bonchev–Trinajstić information content (AvgIpc) is 2.79. The summed E-state index contributed by atoms with van der Waals surface area (Å²) in [7, 11) is -1.94. The van der Waals surface area contributed by atoms with Crippen molar-refractivity contribution in [3.63, 3.8) is 0 Å². The molecule has 7 heteroatoms. The zero-order valence-corrected chi connectivity index (χ0v) is 12.1. The normalized spacial score (nSPS) is 11.3. The van der Waals surface area contributed by atoms with Gasteiger partial charge in [-0.25, -0.2) is 17.9 Å². The van der Waals surface area contributed by atoms with Crippen LogP contribution in [0, 0.1) is 6.92 Å². The Bertz CT molecular complexity index is 745. The van der Waals surface area contributed by atoms with Gasteiger partial charge in [0.2, 0.25) is 0 Å². The first kappa shape index (κ1) is 14.3. The molecule has 6 nitrogen and oxygen atoms in total. The molecule has 1 aromatic carbocycles. The number of carbonyl (C=O) groups is 1. The molecule has 0 fully saturated rings. The summed E-state index contributed by atoms with van der Waals surface area (Å²) in [5.41, 5.74) is 1.62. The van der Waals surface area contributed by atoms with Gasteiger partial charge in [-0.05, 0) is 37.3 Å². The Hall–Kier alpha value is -2.15. The molecular formula is C13H14N2O4S. The zero-order chi connectivity index (χ0) is 14.9. The molecule has 0 N–H and O–H groups in total. The van der Waals surface area contributed by atoms with Crippen molar-refractivity contribution in [1.82, 2.24) is 9.78 Å². The van der Waals surface area contributed by atoms with Crippen LogP contribution in [-0.2, 0) is 14.6 Å². The molecule has 0 amide bonds. The number of esters is 1. The van der Waals surface area contributed by atoms with Crippen molar-refractivity contribution < 1.29 is 17.9 Å². The van der Waals surface area contributed by atoms with E-state index >= 15 is 0 Å². The number of methoxy groups -OCH3 is 1. The van der Waals surface area contributed by atoms with Gasteiger partial charge in [0.15, 0.2) is 15.5 Å². The van der Waals surface area contributed by atoms with Crippen molar-refractivity contribution >= 4 is 15.8 Å². The summed E-state index contributed by atoms with van der Waals surface area (Å²) >= 11 is 0. The second kappa shape index (κ2) is 5.09. The van der Waals surface area contributed by atoms with E-state index in [0.29, 0.717) is 5.69 Å². The molecule has 1 aromatic heterocycles. The van der Waals surface area contributed by atoms with E-state index in [1.54, 1.807) is 29.8 Å². The quantitative estimate of drug-likeness (QED) is 0.799. The minimum absolute atomic E-state index is 0.206. The van der Waals surface area contributed by atoms with Crippen molar-refractivity contribution in [3.05, 3.63) is 41.7 Å². The predicted octanol–water partition coefficient (Wildman–Crippen LogP) is 1.37. The highest BCUT2D eigenvalue weighted by Crippen LogP contribution is 2.16. The second-order valence-corrected chi connectivity index (χ2v) is 6.36. The molecule has 0 aliphatic rings. The van der Waals surface area contributed by atoms with Crippen LogP contribution in [0.1, 0.15) is 16.2 Å². The van der Waals surface area contributed by atoms with Crippen molar-refractivity contribution in [2.24, 2.45) is 0 Å². The largest absolute Gasteiger partial charge is 0.464 e. The van der Waals surface area contributed by atoms with Crippen molar-refractivity contribution in [1.29, 1.82) is 0 Å². The SMILES string of the molecule is COC(=O)c1cc(C)n(-c2ccc(S(C)(=O)=O)cc2)n1. The lowest BCUT2D eigenvalue weighted by Crippen LogP contribution is -2.05. The third kappa shape index (κ3) is 2.72. The van der Waals surface area contributed by atoms with E-state index in [9.17, 15) is 13.2 Å². The number of rotatable bonds is 3. The summed E-state index contributed by atoms with van der Waals surface area (Å²) in [6.07, 6.45) is 1.15. The van der Waals surface area contributed by atoms with Gasteiger partial charge in [-0.2, -0.15) is 5.10 Å². The van der Waals surface area contributed by atoms with E-state index in [2.05, 4.69) is 9.84 Å². The van der Waals surface area contributed by atoms with Gasteiger partial charge in [0.25, 0.3) is 0 Å². The van der Waals surface area contributed by atoms with E-state index in [-0.39, 0.29) is 10.6 Å². The maximum Gasteiger partial charge on any atom is 0.358 e. The van der Waals surface area contributed by atoms with Crippen molar-refractivity contribution in [2.75, 3.05) is 13.4 Å². The third-order valence-electron chi connectivity index (χ3n) is 2.79. The van der Waals surface area contributed by atoms with Gasteiger partial charge < -0.3 is 4.74 Å². The standard InChI is InChI=1S/C13H14N2O4S/c1-9-8-12(13(16)19-2)14-15(9)10-4-6-11(7-5-10)20(3,17)18/h4-8H,1-3H3. The van der Waals surface area contributed by atoms with E-state index < -0.39 is 15.8 Å². The molecule has 0 atom stereocenters. The summed E-state index contributed by atoms with van der Waals surface area (Å²) in [6, 6.07) is 7.89. The fraction of sp³-hybridized carbons (Fsp3) is 0.231. The van der Waals surface area contributed by atoms with Crippen LogP contribution in [0.3, 0.4) is 0 Å². The van der Waals surface area contributed by atoms with Gasteiger partial charge in [0, 0.05) is 11.9 Å². The molecule has 0 spiro atoms. The molecule has 20 heavy (non-hydrogen) atoms. The smallest absolute Gasteiger partial charge is 0.358 e. The van der Waals surface area contributed by atoms with Crippen LogP contribution in [0.15, 0.2) is 35.2 Å². The fourth-order valence-electron chi connectivity index (χ4n) is 1.77. The molecule has 0 aliphatic carbocycles. The van der Waals surface area contributed by atoms with Crippen LogP contribution in [-0.4, -0.2) is 37.5 Å². The van der Waals surface area contributed by atoms with Crippen molar-refractivity contribution in [2.45, 2.75) is 11.8 Å². The number of benzene rings is 1. The number of carbonyl (C=O) groups excluding carboxylic acids is 1. The second-order valence-electron chi connectivity index (χ2n) is 4.34. The summed E-state index contributed by atoms with van der Waals surface area (Å²) in [6.45, 7) is 1.80. The Balaban J connectivity index is 2.42. The Morgan fingerprint density at radius 3 is 2.35 bits per heavy atom. The van der Waals surface area contributed by atoms with Gasteiger partial charge in [-0.15, -0.1) is 0 Å². The first-order valence-corrected chi connectivity index (χ1v) is 7.67. The lowest BCUT2D eigenvalue weighted by atomic mass is 10.3.